The Bertz CT molecular complexity index is 1010. The Morgan fingerprint density at radius 2 is 1.91 bits per heavy atom. The zero-order valence-electron chi connectivity index (χ0n) is 12.6. The van der Waals surface area contributed by atoms with Crippen LogP contribution in [-0.4, -0.2) is 30.3 Å². The molecule has 6 nitrogen and oxygen atoms in total. The molecule has 0 aliphatic rings. The molecule has 0 radical (unpaired) electrons. The fourth-order valence-electron chi connectivity index (χ4n) is 2.33. The van der Waals surface area contributed by atoms with E-state index in [1.807, 2.05) is 0 Å². The van der Waals surface area contributed by atoms with Gasteiger partial charge in [-0.3, -0.25) is 4.79 Å². The predicted octanol–water partition coefficient (Wildman–Crippen LogP) is 2.48. The number of carbonyl (C=O) groups is 1. The molecule has 118 valence electrons. The van der Waals surface area contributed by atoms with Crippen LogP contribution in [0, 0.1) is 0 Å². The van der Waals surface area contributed by atoms with E-state index >= 15 is 0 Å². The van der Waals surface area contributed by atoms with Gasteiger partial charge in [-0.15, -0.1) is 0 Å². The molecule has 7 heteroatoms. The average Bonchev–Trinajstić information content (AvgIpc) is 2.99. The number of hydrogen-bond donors (Lipinski definition) is 0. The number of rotatable bonds is 4. The molecule has 1 heterocycles. The largest absolute Gasteiger partial charge is 0.495 e. The van der Waals surface area contributed by atoms with Crippen LogP contribution in [0.5, 0.6) is 5.75 Å². The number of para-hydroxylation sites is 2. The van der Waals surface area contributed by atoms with E-state index in [2.05, 4.69) is 4.98 Å². The smallest absolute Gasteiger partial charge is 0.273 e. The summed E-state index contributed by atoms with van der Waals surface area (Å²) in [5.74, 6) is -0.0487. The van der Waals surface area contributed by atoms with Gasteiger partial charge in [0.05, 0.1) is 18.1 Å². The van der Waals surface area contributed by atoms with E-state index in [1.54, 1.807) is 24.3 Å². The van der Waals surface area contributed by atoms with Gasteiger partial charge in [-0.25, -0.2) is 17.4 Å². The number of nitrogens with zero attached hydrogens (tertiary/aromatic N) is 2. The predicted molar refractivity (Wildman–Crippen MR) is 85.3 cm³/mol. The van der Waals surface area contributed by atoms with Gasteiger partial charge < -0.3 is 4.74 Å². The lowest BCUT2D eigenvalue weighted by Gasteiger charge is -2.12. The van der Waals surface area contributed by atoms with E-state index in [0.29, 0.717) is 16.6 Å². The van der Waals surface area contributed by atoms with Crippen LogP contribution in [0.4, 0.5) is 0 Å². The van der Waals surface area contributed by atoms with Crippen molar-refractivity contribution in [3.8, 4) is 5.75 Å². The summed E-state index contributed by atoms with van der Waals surface area (Å²) in [6.07, 6.45) is 1.25. The first-order valence-corrected chi connectivity index (χ1v) is 8.26. The van der Waals surface area contributed by atoms with Gasteiger partial charge in [-0.05, 0) is 37.3 Å². The van der Waals surface area contributed by atoms with Gasteiger partial charge in [0.2, 0.25) is 0 Å². The van der Waals surface area contributed by atoms with Crippen molar-refractivity contribution >= 4 is 26.8 Å². The van der Waals surface area contributed by atoms with Crippen LogP contribution in [0.3, 0.4) is 0 Å². The number of aromatic nitrogens is 2. The van der Waals surface area contributed by atoms with Crippen LogP contribution in [0.15, 0.2) is 53.7 Å². The van der Waals surface area contributed by atoms with E-state index in [4.69, 9.17) is 4.74 Å². The Balaban J connectivity index is 2.27. The second-order valence-corrected chi connectivity index (χ2v) is 6.74. The minimum Gasteiger partial charge on any atom is -0.495 e. The second kappa shape index (κ2) is 5.51. The van der Waals surface area contributed by atoms with Crippen LogP contribution >= 0.6 is 0 Å². The van der Waals surface area contributed by atoms with Crippen LogP contribution < -0.4 is 4.74 Å². The first-order valence-electron chi connectivity index (χ1n) is 6.82. The molecule has 0 atom stereocenters. The van der Waals surface area contributed by atoms with Gasteiger partial charge in [-0.2, -0.15) is 0 Å². The van der Waals surface area contributed by atoms with E-state index in [9.17, 15) is 13.2 Å². The lowest BCUT2D eigenvalue weighted by atomic mass is 10.1. The third-order valence-electron chi connectivity index (χ3n) is 3.53. The third kappa shape index (κ3) is 2.49. The number of carbonyl (C=O) groups excluding carboxylic acids is 1. The fraction of sp³-hybridized carbons (Fsp3) is 0.125. The number of imidazole rings is 1. The Kier molecular flexibility index (Phi) is 3.65. The summed E-state index contributed by atoms with van der Waals surface area (Å²) in [6.45, 7) is 1.38. The molecule has 2 aromatic carbocycles. The van der Waals surface area contributed by atoms with Crippen LogP contribution in [0.2, 0.25) is 0 Å². The Morgan fingerprint density at radius 1 is 1.17 bits per heavy atom. The van der Waals surface area contributed by atoms with Gasteiger partial charge in [0.1, 0.15) is 17.0 Å². The van der Waals surface area contributed by atoms with E-state index in [0.717, 1.165) is 3.97 Å². The van der Waals surface area contributed by atoms with E-state index in [-0.39, 0.29) is 16.4 Å². The zero-order valence-corrected chi connectivity index (χ0v) is 13.4. The molecule has 3 rings (SSSR count). The molecule has 23 heavy (non-hydrogen) atoms. The summed E-state index contributed by atoms with van der Waals surface area (Å²) in [4.78, 5) is 15.6. The van der Waals surface area contributed by atoms with Gasteiger partial charge in [-0.1, -0.05) is 12.1 Å². The van der Waals surface area contributed by atoms with Gasteiger partial charge in [0.25, 0.3) is 10.0 Å². The maximum atomic E-state index is 13.0. The van der Waals surface area contributed by atoms with Crippen LogP contribution in [-0.2, 0) is 10.0 Å². The molecular formula is C16H14N2O4S. The number of methoxy groups -OCH3 is 1. The SMILES string of the molecule is COc1ccc(C(C)=O)cc1S(=O)(=O)n1cnc2ccccc21. The highest BCUT2D eigenvalue weighted by Gasteiger charge is 2.24. The number of ether oxygens (including phenoxy) is 1. The van der Waals surface area contributed by atoms with Crippen LogP contribution in [0.25, 0.3) is 11.0 Å². The number of benzene rings is 2. The van der Waals surface area contributed by atoms with Crippen molar-refractivity contribution in [1.29, 1.82) is 0 Å². The zero-order chi connectivity index (χ0) is 16.6. The monoisotopic (exact) mass is 330 g/mol. The highest BCUT2D eigenvalue weighted by Crippen LogP contribution is 2.29. The maximum Gasteiger partial charge on any atom is 0.273 e. The normalized spacial score (nSPS) is 11.6. The first-order chi connectivity index (χ1) is 10.9. The molecule has 0 saturated carbocycles. The minimum atomic E-state index is -3.94. The summed E-state index contributed by atoms with van der Waals surface area (Å²) >= 11 is 0. The number of hydrogen-bond acceptors (Lipinski definition) is 5. The number of ketones is 1. The van der Waals surface area contributed by atoms with Crippen molar-refractivity contribution in [1.82, 2.24) is 8.96 Å². The molecule has 3 aromatic rings. The molecule has 0 unspecified atom stereocenters. The standard InChI is InChI=1S/C16H14N2O4S/c1-11(19)12-7-8-15(22-2)16(9-12)23(20,21)18-10-17-13-5-3-4-6-14(13)18/h3-10H,1-2H3. The van der Waals surface area contributed by atoms with Crippen molar-refractivity contribution in [2.45, 2.75) is 11.8 Å². The van der Waals surface area contributed by atoms with Crippen molar-refractivity contribution in [2.75, 3.05) is 7.11 Å². The second-order valence-electron chi connectivity index (χ2n) is 4.96. The summed E-state index contributed by atoms with van der Waals surface area (Å²) in [5, 5.41) is 0. The average molecular weight is 330 g/mol. The van der Waals surface area contributed by atoms with Crippen molar-refractivity contribution in [2.24, 2.45) is 0 Å². The van der Waals surface area contributed by atoms with E-state index < -0.39 is 10.0 Å². The summed E-state index contributed by atoms with van der Waals surface area (Å²) in [7, 11) is -2.56. The molecule has 1 aromatic heterocycles. The minimum absolute atomic E-state index is 0.0733. The molecule has 0 aliphatic heterocycles. The highest BCUT2D eigenvalue weighted by molar-refractivity contribution is 7.90. The van der Waals surface area contributed by atoms with Gasteiger partial charge in [0, 0.05) is 5.56 Å². The Hall–Kier alpha value is -2.67. The van der Waals surface area contributed by atoms with Crippen molar-refractivity contribution in [3.05, 3.63) is 54.4 Å². The van der Waals surface area contributed by atoms with Gasteiger partial charge in [0.15, 0.2) is 5.78 Å². The Morgan fingerprint density at radius 3 is 2.61 bits per heavy atom. The van der Waals surface area contributed by atoms with Crippen molar-refractivity contribution < 1.29 is 17.9 Å². The topological polar surface area (TPSA) is 78.3 Å². The molecule has 0 spiro atoms. The number of fused-ring (bicyclic) bond motifs is 1. The molecule has 0 aliphatic carbocycles. The molecule has 0 fully saturated rings. The lowest BCUT2D eigenvalue weighted by Crippen LogP contribution is -2.14. The molecule has 0 N–H and O–H groups in total. The first kappa shape index (κ1) is 15.2. The maximum absolute atomic E-state index is 13.0. The van der Waals surface area contributed by atoms with E-state index in [1.165, 1.54) is 38.6 Å². The molecule has 0 amide bonds. The van der Waals surface area contributed by atoms with Crippen LogP contribution in [0.1, 0.15) is 17.3 Å². The molecule has 0 saturated heterocycles. The third-order valence-corrected chi connectivity index (χ3v) is 5.21. The molecular weight excluding hydrogens is 316 g/mol. The lowest BCUT2D eigenvalue weighted by molar-refractivity contribution is 0.101. The quantitative estimate of drug-likeness (QED) is 0.687. The number of Topliss-reactive ketones (excluding diaryl/α,β-unsaturated/α-hetero) is 1. The van der Waals surface area contributed by atoms with Gasteiger partial charge >= 0.3 is 0 Å². The summed E-state index contributed by atoms with van der Waals surface area (Å²) < 4.78 is 32.2. The fourth-order valence-corrected chi connectivity index (χ4v) is 3.81. The molecule has 0 bridgehead atoms. The van der Waals surface area contributed by atoms with Crippen molar-refractivity contribution in [3.63, 3.8) is 0 Å². The summed E-state index contributed by atoms with van der Waals surface area (Å²) in [6, 6.07) is 11.2. The Labute approximate surface area is 133 Å². The highest BCUT2D eigenvalue weighted by atomic mass is 32.2. The summed E-state index contributed by atoms with van der Waals surface area (Å²) in [5.41, 5.74) is 1.33.